The van der Waals surface area contributed by atoms with Gasteiger partial charge in [0.2, 0.25) is 0 Å². The lowest BCUT2D eigenvalue weighted by Gasteiger charge is -2.33. The monoisotopic (exact) mass is 425 g/mol. The number of aromatic nitrogens is 2. The summed E-state index contributed by atoms with van der Waals surface area (Å²) in [4.78, 5) is 10.1. The van der Waals surface area contributed by atoms with Crippen LogP contribution in [0.2, 0.25) is 0 Å². The zero-order valence-electron chi connectivity index (χ0n) is 16.6. The predicted molar refractivity (Wildman–Crippen MR) is 115 cm³/mol. The molecule has 2 aromatic carbocycles. The van der Waals surface area contributed by atoms with Crippen molar-refractivity contribution in [3.8, 4) is 11.5 Å². The molecule has 8 heteroatoms. The average Bonchev–Trinajstić information content (AvgIpc) is 2.73. The molecule has 0 saturated heterocycles. The third-order valence-corrected chi connectivity index (χ3v) is 6.24. The van der Waals surface area contributed by atoms with Crippen LogP contribution in [0.25, 0.3) is 0 Å². The number of benzene rings is 2. The molecule has 1 atom stereocenters. The molecule has 0 spiro atoms. The number of fused-ring (bicyclic) bond motifs is 2. The minimum Gasteiger partial charge on any atom is -0.453 e. The van der Waals surface area contributed by atoms with E-state index in [1.165, 1.54) is 18.0 Å². The second kappa shape index (κ2) is 8.41. The van der Waals surface area contributed by atoms with Crippen molar-refractivity contribution in [2.24, 2.45) is 0 Å². The second-order valence-corrected chi connectivity index (χ2v) is 8.77. The SMILES string of the molecule is CCCc1ccc2c(c1)N(CCC(c1ncccn1)S(=O)(=O)O)c1ccccc1O2. The van der Waals surface area contributed by atoms with Gasteiger partial charge in [-0.2, -0.15) is 8.42 Å². The van der Waals surface area contributed by atoms with E-state index in [0.29, 0.717) is 18.0 Å². The topological polar surface area (TPSA) is 92.6 Å². The van der Waals surface area contributed by atoms with Crippen molar-refractivity contribution in [3.63, 3.8) is 0 Å². The number of ether oxygens (including phenoxy) is 1. The quantitative estimate of drug-likeness (QED) is 0.549. The lowest BCUT2D eigenvalue weighted by atomic mass is 10.1. The van der Waals surface area contributed by atoms with Crippen LogP contribution in [0.5, 0.6) is 11.5 Å². The number of hydrogen-bond acceptors (Lipinski definition) is 6. The molecule has 30 heavy (non-hydrogen) atoms. The molecule has 1 N–H and O–H groups in total. The Morgan fingerprint density at radius 1 is 1.03 bits per heavy atom. The van der Waals surface area contributed by atoms with Gasteiger partial charge in [-0.15, -0.1) is 0 Å². The van der Waals surface area contributed by atoms with E-state index in [9.17, 15) is 13.0 Å². The van der Waals surface area contributed by atoms with E-state index < -0.39 is 15.4 Å². The molecule has 2 heterocycles. The molecule has 0 aliphatic carbocycles. The molecule has 0 fully saturated rings. The molecule has 0 amide bonds. The third-order valence-electron chi connectivity index (χ3n) is 5.08. The van der Waals surface area contributed by atoms with Gasteiger partial charge in [-0.1, -0.05) is 31.5 Å². The van der Waals surface area contributed by atoms with Crippen LogP contribution < -0.4 is 9.64 Å². The van der Waals surface area contributed by atoms with Crippen LogP contribution in [-0.2, 0) is 16.5 Å². The number of anilines is 2. The van der Waals surface area contributed by atoms with Crippen molar-refractivity contribution in [1.82, 2.24) is 9.97 Å². The number of hydrogen-bond donors (Lipinski definition) is 1. The largest absolute Gasteiger partial charge is 0.453 e. The Morgan fingerprint density at radius 2 is 1.77 bits per heavy atom. The highest BCUT2D eigenvalue weighted by molar-refractivity contribution is 7.86. The Labute approximate surface area is 176 Å². The van der Waals surface area contributed by atoms with Crippen LogP contribution in [0.1, 0.15) is 36.4 Å². The molecular formula is C22H23N3O4S. The fourth-order valence-electron chi connectivity index (χ4n) is 3.69. The summed E-state index contributed by atoms with van der Waals surface area (Å²) in [6.45, 7) is 2.46. The molecule has 0 saturated carbocycles. The number of para-hydroxylation sites is 2. The maximum absolute atomic E-state index is 12.1. The van der Waals surface area contributed by atoms with Crippen molar-refractivity contribution < 1.29 is 17.7 Å². The smallest absolute Gasteiger partial charge is 0.275 e. The van der Waals surface area contributed by atoms with E-state index in [2.05, 4.69) is 23.0 Å². The van der Waals surface area contributed by atoms with Gasteiger partial charge in [0.15, 0.2) is 11.5 Å². The summed E-state index contributed by atoms with van der Waals surface area (Å²) < 4.78 is 40.0. The van der Waals surface area contributed by atoms with Crippen LogP contribution in [0, 0.1) is 0 Å². The molecule has 1 aliphatic heterocycles. The van der Waals surface area contributed by atoms with Crippen molar-refractivity contribution in [3.05, 3.63) is 72.3 Å². The van der Waals surface area contributed by atoms with Crippen molar-refractivity contribution in [1.29, 1.82) is 0 Å². The zero-order valence-corrected chi connectivity index (χ0v) is 17.4. The van der Waals surface area contributed by atoms with E-state index >= 15 is 0 Å². The summed E-state index contributed by atoms with van der Waals surface area (Å²) in [7, 11) is -4.37. The summed E-state index contributed by atoms with van der Waals surface area (Å²) >= 11 is 0. The maximum Gasteiger partial charge on any atom is 0.275 e. The first kappa shape index (κ1) is 20.3. The molecule has 4 rings (SSSR count). The van der Waals surface area contributed by atoms with E-state index in [4.69, 9.17) is 4.74 Å². The zero-order chi connectivity index (χ0) is 21.1. The lowest BCUT2D eigenvalue weighted by Crippen LogP contribution is -2.26. The Hall–Kier alpha value is -2.97. The van der Waals surface area contributed by atoms with E-state index in [1.807, 2.05) is 41.3 Å². The highest BCUT2D eigenvalue weighted by Crippen LogP contribution is 2.47. The number of nitrogens with zero attached hydrogens (tertiary/aromatic N) is 3. The van der Waals surface area contributed by atoms with E-state index in [-0.39, 0.29) is 12.2 Å². The highest BCUT2D eigenvalue weighted by Gasteiger charge is 2.31. The summed E-state index contributed by atoms with van der Waals surface area (Å²) in [5.74, 6) is 1.50. The first-order chi connectivity index (χ1) is 14.5. The predicted octanol–water partition coefficient (Wildman–Crippen LogP) is 4.69. The maximum atomic E-state index is 12.1. The number of rotatable bonds is 7. The van der Waals surface area contributed by atoms with E-state index in [0.717, 1.165) is 24.2 Å². The van der Waals surface area contributed by atoms with Crippen LogP contribution in [-0.4, -0.2) is 29.5 Å². The summed E-state index contributed by atoms with van der Waals surface area (Å²) in [6.07, 6.45) is 5.02. The lowest BCUT2D eigenvalue weighted by molar-refractivity contribution is 0.458. The molecule has 1 aliphatic rings. The minimum absolute atomic E-state index is 0.0847. The fourth-order valence-corrected chi connectivity index (χ4v) is 4.49. The standard InChI is InChI=1S/C22H23N3O4S/c1-2-6-16-9-10-20-18(15-16)25(17-7-3-4-8-19(17)29-20)14-11-21(30(26,27)28)22-23-12-5-13-24-22/h3-5,7-10,12-13,15,21H,2,6,11,14H2,1H3,(H,26,27,28). The second-order valence-electron chi connectivity index (χ2n) is 7.17. The molecular weight excluding hydrogens is 402 g/mol. The van der Waals surface area contributed by atoms with Gasteiger partial charge in [0, 0.05) is 18.9 Å². The first-order valence-electron chi connectivity index (χ1n) is 9.88. The van der Waals surface area contributed by atoms with Crippen molar-refractivity contribution in [2.45, 2.75) is 31.4 Å². The normalized spacial score (nSPS) is 13.9. The number of aryl methyl sites for hydroxylation is 1. The van der Waals surface area contributed by atoms with Crippen LogP contribution in [0.4, 0.5) is 11.4 Å². The van der Waals surface area contributed by atoms with Crippen molar-refractivity contribution >= 4 is 21.5 Å². The summed E-state index contributed by atoms with van der Waals surface area (Å²) in [5, 5.41) is -1.21. The highest BCUT2D eigenvalue weighted by atomic mass is 32.2. The molecule has 0 radical (unpaired) electrons. The van der Waals surface area contributed by atoms with Gasteiger partial charge in [-0.25, -0.2) is 9.97 Å². The van der Waals surface area contributed by atoms with Gasteiger partial charge in [0.25, 0.3) is 10.1 Å². The average molecular weight is 426 g/mol. The van der Waals surface area contributed by atoms with Crippen LogP contribution in [0.15, 0.2) is 60.9 Å². The molecule has 1 aromatic heterocycles. The minimum atomic E-state index is -4.37. The van der Waals surface area contributed by atoms with Gasteiger partial charge < -0.3 is 9.64 Å². The third kappa shape index (κ3) is 4.15. The van der Waals surface area contributed by atoms with Crippen molar-refractivity contribution in [2.75, 3.05) is 11.4 Å². The Kier molecular flexibility index (Phi) is 5.69. The van der Waals surface area contributed by atoms with Gasteiger partial charge in [0.1, 0.15) is 11.1 Å². The van der Waals surface area contributed by atoms with Crippen LogP contribution in [0.3, 0.4) is 0 Å². The van der Waals surface area contributed by atoms with E-state index in [1.54, 1.807) is 6.07 Å². The molecule has 156 valence electrons. The molecule has 7 nitrogen and oxygen atoms in total. The Morgan fingerprint density at radius 3 is 2.50 bits per heavy atom. The summed E-state index contributed by atoms with van der Waals surface area (Å²) in [6, 6.07) is 15.3. The van der Waals surface area contributed by atoms with Gasteiger partial charge in [-0.3, -0.25) is 4.55 Å². The summed E-state index contributed by atoms with van der Waals surface area (Å²) in [5.41, 5.74) is 2.91. The first-order valence-corrected chi connectivity index (χ1v) is 11.4. The van der Waals surface area contributed by atoms with Gasteiger partial charge in [0.05, 0.1) is 11.4 Å². The van der Waals surface area contributed by atoms with Crippen LogP contribution >= 0.6 is 0 Å². The Balaban J connectivity index is 1.70. The fraction of sp³-hybridized carbons (Fsp3) is 0.273. The molecule has 1 unspecified atom stereocenters. The molecule has 3 aromatic rings. The van der Waals surface area contributed by atoms with Gasteiger partial charge >= 0.3 is 0 Å². The Bertz CT molecular complexity index is 1140. The molecule has 0 bridgehead atoms. The van der Waals surface area contributed by atoms with Gasteiger partial charge in [-0.05, 0) is 48.7 Å².